The van der Waals surface area contributed by atoms with Gasteiger partial charge in [0.2, 0.25) is 0 Å². The van der Waals surface area contributed by atoms with Crippen LogP contribution in [0.2, 0.25) is 0 Å². The van der Waals surface area contributed by atoms with E-state index < -0.39 is 0 Å². The number of thiophene rings is 1. The third kappa shape index (κ3) is 3.19. The summed E-state index contributed by atoms with van der Waals surface area (Å²) in [7, 11) is 1.98. The van der Waals surface area contributed by atoms with E-state index in [0.29, 0.717) is 17.9 Å². The molecule has 0 amide bonds. The lowest BCUT2D eigenvalue weighted by Crippen LogP contribution is -2.23. The molecule has 2 rings (SSSR count). The first-order chi connectivity index (χ1) is 10.1. The molecule has 0 aliphatic rings. The van der Waals surface area contributed by atoms with Crippen molar-refractivity contribution in [3.8, 4) is 0 Å². The molecule has 0 saturated carbocycles. The predicted molar refractivity (Wildman–Crippen MR) is 87.9 cm³/mol. The molecule has 0 saturated heterocycles. The third-order valence-corrected chi connectivity index (χ3v) is 4.54. The van der Waals surface area contributed by atoms with E-state index in [1.54, 1.807) is 24.3 Å². The zero-order chi connectivity index (χ0) is 15.4. The van der Waals surface area contributed by atoms with Crippen molar-refractivity contribution >= 4 is 28.7 Å². The highest BCUT2D eigenvalue weighted by Crippen LogP contribution is 2.33. The van der Waals surface area contributed by atoms with Crippen molar-refractivity contribution in [1.29, 1.82) is 0 Å². The molecule has 0 aliphatic heterocycles. The quantitative estimate of drug-likeness (QED) is 0.676. The maximum Gasteiger partial charge on any atom is 0.340 e. The zero-order valence-electron chi connectivity index (χ0n) is 12.5. The Morgan fingerprint density at radius 1 is 1.38 bits per heavy atom. The van der Waals surface area contributed by atoms with Gasteiger partial charge in [0.15, 0.2) is 0 Å². The highest BCUT2D eigenvalue weighted by atomic mass is 32.1. The highest BCUT2D eigenvalue weighted by molar-refractivity contribution is 7.10. The Bertz CT molecular complexity index is 611. The minimum atomic E-state index is -0.381. The van der Waals surface area contributed by atoms with Gasteiger partial charge in [-0.05, 0) is 37.4 Å². The van der Waals surface area contributed by atoms with Crippen LogP contribution in [0.5, 0.6) is 0 Å². The van der Waals surface area contributed by atoms with Gasteiger partial charge in [-0.1, -0.05) is 12.1 Å². The zero-order valence-corrected chi connectivity index (χ0v) is 13.3. The molecule has 0 bridgehead atoms. The van der Waals surface area contributed by atoms with Crippen molar-refractivity contribution in [2.24, 2.45) is 0 Å². The van der Waals surface area contributed by atoms with Gasteiger partial charge in [0, 0.05) is 11.9 Å². The molecule has 0 aliphatic carbocycles. The summed E-state index contributed by atoms with van der Waals surface area (Å²) in [6, 6.07) is 9.75. The van der Waals surface area contributed by atoms with Crippen LogP contribution in [0.15, 0.2) is 35.7 Å². The average Bonchev–Trinajstić information content (AvgIpc) is 3.00. The fourth-order valence-electron chi connectivity index (χ4n) is 2.18. The lowest BCUT2D eigenvalue weighted by molar-refractivity contribution is 0.0527. The summed E-state index contributed by atoms with van der Waals surface area (Å²) in [6.45, 7) is 4.23. The number of ether oxygens (including phenoxy) is 1. The lowest BCUT2D eigenvalue weighted by Gasteiger charge is -2.28. The van der Waals surface area contributed by atoms with E-state index in [-0.39, 0.29) is 12.0 Å². The van der Waals surface area contributed by atoms with E-state index in [0.717, 1.165) is 5.69 Å². The molecular weight excluding hydrogens is 284 g/mol. The molecule has 5 heteroatoms. The van der Waals surface area contributed by atoms with Crippen LogP contribution in [0.1, 0.15) is 35.1 Å². The molecule has 1 aromatic carbocycles. The van der Waals surface area contributed by atoms with Crippen molar-refractivity contribution in [2.45, 2.75) is 19.9 Å². The Morgan fingerprint density at radius 2 is 2.14 bits per heavy atom. The average molecular weight is 304 g/mol. The van der Waals surface area contributed by atoms with Gasteiger partial charge < -0.3 is 15.4 Å². The fourth-order valence-corrected chi connectivity index (χ4v) is 3.00. The fraction of sp³-hybridized carbons (Fsp3) is 0.312. The van der Waals surface area contributed by atoms with Gasteiger partial charge in [-0.15, -0.1) is 11.3 Å². The molecule has 1 atom stereocenters. The topological polar surface area (TPSA) is 55.6 Å². The number of rotatable bonds is 5. The number of esters is 1. The Balaban J connectivity index is 2.31. The van der Waals surface area contributed by atoms with Crippen molar-refractivity contribution in [1.82, 2.24) is 0 Å². The van der Waals surface area contributed by atoms with E-state index >= 15 is 0 Å². The number of nitrogens with two attached hydrogens (primary N) is 1. The molecule has 0 spiro atoms. The van der Waals surface area contributed by atoms with Gasteiger partial charge in [0.05, 0.1) is 29.6 Å². The molecule has 0 radical (unpaired) electrons. The summed E-state index contributed by atoms with van der Waals surface area (Å²) in [5.74, 6) is -0.381. The number of hydrogen-bond acceptors (Lipinski definition) is 5. The number of anilines is 2. The Labute approximate surface area is 129 Å². The largest absolute Gasteiger partial charge is 0.462 e. The van der Waals surface area contributed by atoms with E-state index in [1.165, 1.54) is 4.88 Å². The number of carbonyl (C=O) groups is 1. The second kappa shape index (κ2) is 6.63. The molecule has 112 valence electrons. The van der Waals surface area contributed by atoms with Crippen LogP contribution in [0, 0.1) is 0 Å². The van der Waals surface area contributed by atoms with Crippen LogP contribution in [0.25, 0.3) is 0 Å². The monoisotopic (exact) mass is 304 g/mol. The SMILES string of the molecule is CCOC(=O)c1cccc(N(C)C(C)c2cccs2)c1N. The van der Waals surface area contributed by atoms with E-state index in [1.807, 2.05) is 25.2 Å². The van der Waals surface area contributed by atoms with Crippen LogP contribution in [0.4, 0.5) is 11.4 Å². The molecule has 1 heterocycles. The molecule has 2 aromatic rings. The van der Waals surface area contributed by atoms with E-state index in [9.17, 15) is 4.79 Å². The van der Waals surface area contributed by atoms with Gasteiger partial charge >= 0.3 is 5.97 Å². The predicted octanol–water partition coefficient (Wildman–Crippen LogP) is 3.70. The number of para-hydroxylation sites is 1. The van der Waals surface area contributed by atoms with Crippen LogP contribution < -0.4 is 10.6 Å². The first-order valence-electron chi connectivity index (χ1n) is 6.88. The Morgan fingerprint density at radius 3 is 2.76 bits per heavy atom. The smallest absolute Gasteiger partial charge is 0.340 e. The van der Waals surface area contributed by atoms with Crippen LogP contribution in [-0.2, 0) is 4.74 Å². The summed E-state index contributed by atoms with van der Waals surface area (Å²) in [5, 5.41) is 2.05. The summed E-state index contributed by atoms with van der Waals surface area (Å²) in [6.07, 6.45) is 0. The van der Waals surface area contributed by atoms with Gasteiger partial charge in [-0.3, -0.25) is 0 Å². The minimum absolute atomic E-state index is 0.185. The summed E-state index contributed by atoms with van der Waals surface area (Å²) >= 11 is 1.70. The third-order valence-electron chi connectivity index (χ3n) is 3.49. The summed E-state index contributed by atoms with van der Waals surface area (Å²) in [5.41, 5.74) is 7.88. The second-order valence-electron chi connectivity index (χ2n) is 4.76. The number of hydrogen-bond donors (Lipinski definition) is 1. The van der Waals surface area contributed by atoms with E-state index in [2.05, 4.69) is 23.3 Å². The number of carbonyl (C=O) groups excluding carboxylic acids is 1. The second-order valence-corrected chi connectivity index (χ2v) is 5.74. The first kappa shape index (κ1) is 15.4. The van der Waals surface area contributed by atoms with E-state index in [4.69, 9.17) is 10.5 Å². The summed E-state index contributed by atoms with van der Waals surface area (Å²) in [4.78, 5) is 15.2. The number of benzene rings is 1. The van der Waals surface area contributed by atoms with Crippen molar-refractivity contribution in [2.75, 3.05) is 24.3 Å². The molecule has 1 aromatic heterocycles. The number of nitrogen functional groups attached to an aromatic ring is 1. The van der Waals surface area contributed by atoms with Crippen LogP contribution in [-0.4, -0.2) is 19.6 Å². The normalized spacial score (nSPS) is 12.0. The van der Waals surface area contributed by atoms with Gasteiger partial charge in [0.1, 0.15) is 0 Å². The van der Waals surface area contributed by atoms with Gasteiger partial charge in [-0.25, -0.2) is 4.79 Å². The lowest BCUT2D eigenvalue weighted by atomic mass is 10.1. The van der Waals surface area contributed by atoms with Crippen molar-refractivity contribution in [3.63, 3.8) is 0 Å². The molecule has 0 fully saturated rings. The standard InChI is InChI=1S/C16H20N2O2S/c1-4-20-16(19)12-7-5-8-13(15(12)17)18(3)11(2)14-9-6-10-21-14/h5-11H,4,17H2,1-3H3. The van der Waals surface area contributed by atoms with Crippen molar-refractivity contribution < 1.29 is 9.53 Å². The van der Waals surface area contributed by atoms with Gasteiger partial charge in [0.25, 0.3) is 0 Å². The highest BCUT2D eigenvalue weighted by Gasteiger charge is 2.19. The molecule has 2 N–H and O–H groups in total. The van der Waals surface area contributed by atoms with Crippen LogP contribution in [0.3, 0.4) is 0 Å². The minimum Gasteiger partial charge on any atom is -0.462 e. The van der Waals surface area contributed by atoms with Gasteiger partial charge in [-0.2, -0.15) is 0 Å². The Kier molecular flexibility index (Phi) is 4.85. The number of nitrogens with zero attached hydrogens (tertiary/aromatic N) is 1. The van der Waals surface area contributed by atoms with Crippen molar-refractivity contribution in [3.05, 3.63) is 46.2 Å². The molecule has 4 nitrogen and oxygen atoms in total. The maximum absolute atomic E-state index is 11.9. The molecule has 21 heavy (non-hydrogen) atoms. The summed E-state index contributed by atoms with van der Waals surface area (Å²) < 4.78 is 5.04. The molecular formula is C16H20N2O2S. The Hall–Kier alpha value is -2.01. The molecule has 1 unspecified atom stereocenters. The maximum atomic E-state index is 11.9. The van der Waals surface area contributed by atoms with Crippen LogP contribution >= 0.6 is 11.3 Å². The first-order valence-corrected chi connectivity index (χ1v) is 7.76.